The van der Waals surface area contributed by atoms with Crippen LogP contribution < -0.4 is 51.4 Å². The fourth-order valence-electron chi connectivity index (χ4n) is 1.48. The molecule has 0 amide bonds. The van der Waals surface area contributed by atoms with Crippen molar-refractivity contribution in [2.75, 3.05) is 39.3 Å². The maximum atomic E-state index is 10.6. The van der Waals surface area contributed by atoms with Crippen LogP contribution in [0.4, 0.5) is 0 Å². The van der Waals surface area contributed by atoms with Crippen molar-refractivity contribution in [3.63, 3.8) is 0 Å². The smallest absolute Gasteiger partial charge is 1.00 e. The van der Waals surface area contributed by atoms with Crippen LogP contribution in [0, 0.1) is 0 Å². The number of aliphatic carboxylic acids is 4. The molecule has 0 unspecified atom stereocenters. The van der Waals surface area contributed by atoms with Crippen LogP contribution in [0.25, 0.3) is 0 Å². The van der Waals surface area contributed by atoms with E-state index in [0.29, 0.717) is 0 Å². The van der Waals surface area contributed by atoms with Crippen LogP contribution in [0.5, 0.6) is 0 Å². The van der Waals surface area contributed by atoms with Crippen LogP contribution in [-0.4, -0.2) is 93.4 Å². The molecular formula is C10H17FeKN2O8. The SMILES string of the molecule is O=C(O)CN(CCN(CC(=O)O)CC(=O)O)CC(=O)O.[Fe].[H-].[K+]. The molecule has 4 N–H and O–H groups in total. The van der Waals surface area contributed by atoms with Gasteiger partial charge in [0.15, 0.2) is 0 Å². The monoisotopic (exact) mass is 388 g/mol. The Kier molecular flexibility index (Phi) is 17.7. The zero-order valence-corrected chi connectivity index (χ0v) is 16.1. The van der Waals surface area contributed by atoms with Crippen LogP contribution in [0.1, 0.15) is 1.43 Å². The first kappa shape index (κ1) is 26.8. The molecule has 0 heterocycles. The molecule has 10 nitrogen and oxygen atoms in total. The van der Waals surface area contributed by atoms with Crippen molar-refractivity contribution in [1.82, 2.24) is 9.80 Å². The van der Waals surface area contributed by atoms with Gasteiger partial charge in [-0.15, -0.1) is 0 Å². The maximum absolute atomic E-state index is 10.6. The molecule has 0 spiro atoms. The van der Waals surface area contributed by atoms with Gasteiger partial charge in [-0.25, -0.2) is 0 Å². The summed E-state index contributed by atoms with van der Waals surface area (Å²) < 4.78 is 0. The quantitative estimate of drug-likeness (QED) is 0.253. The van der Waals surface area contributed by atoms with Gasteiger partial charge in [-0.3, -0.25) is 29.0 Å². The van der Waals surface area contributed by atoms with Gasteiger partial charge < -0.3 is 21.9 Å². The average molecular weight is 388 g/mol. The predicted molar refractivity (Wildman–Crippen MR) is 64.5 cm³/mol. The Morgan fingerprint density at radius 3 is 0.955 bits per heavy atom. The summed E-state index contributed by atoms with van der Waals surface area (Å²) in [6.45, 7) is -2.25. The number of carbonyl (C=O) groups is 4. The Balaban J connectivity index is -0.000000602. The van der Waals surface area contributed by atoms with E-state index in [9.17, 15) is 19.2 Å². The maximum Gasteiger partial charge on any atom is 1.00 e. The first-order valence-electron chi connectivity index (χ1n) is 5.52. The molecule has 0 aromatic carbocycles. The molecule has 0 aliphatic heterocycles. The topological polar surface area (TPSA) is 156 Å². The van der Waals surface area contributed by atoms with Gasteiger partial charge in [-0.2, -0.15) is 0 Å². The van der Waals surface area contributed by atoms with Crippen molar-refractivity contribution in [3.8, 4) is 0 Å². The Morgan fingerprint density at radius 2 is 0.818 bits per heavy atom. The number of carboxylic acids is 4. The van der Waals surface area contributed by atoms with E-state index in [-0.39, 0.29) is 83.0 Å². The number of hydrogen-bond donors (Lipinski definition) is 4. The summed E-state index contributed by atoms with van der Waals surface area (Å²) in [6, 6.07) is 0. The third kappa shape index (κ3) is 16.3. The van der Waals surface area contributed by atoms with Crippen molar-refractivity contribution in [2.45, 2.75) is 0 Å². The molecule has 0 aromatic heterocycles. The van der Waals surface area contributed by atoms with E-state index in [1.165, 1.54) is 0 Å². The Morgan fingerprint density at radius 1 is 0.636 bits per heavy atom. The van der Waals surface area contributed by atoms with E-state index in [1.54, 1.807) is 0 Å². The molecule has 0 aliphatic rings. The summed E-state index contributed by atoms with van der Waals surface area (Å²) in [5.41, 5.74) is 0. The van der Waals surface area contributed by atoms with Gasteiger partial charge in [0, 0.05) is 30.2 Å². The van der Waals surface area contributed by atoms with Crippen LogP contribution in [-0.2, 0) is 36.2 Å². The van der Waals surface area contributed by atoms with E-state index in [0.717, 1.165) is 9.80 Å². The minimum absolute atomic E-state index is 0. The zero-order chi connectivity index (χ0) is 15.7. The van der Waals surface area contributed by atoms with Crippen LogP contribution >= 0.6 is 0 Å². The molecule has 0 saturated carbocycles. The predicted octanol–water partition coefficient (Wildman–Crippen LogP) is -4.96. The van der Waals surface area contributed by atoms with Gasteiger partial charge in [0.2, 0.25) is 0 Å². The Labute approximate surface area is 180 Å². The second kappa shape index (κ2) is 14.5. The third-order valence-electron chi connectivity index (χ3n) is 2.17. The normalized spacial score (nSPS) is 9.73. The summed E-state index contributed by atoms with van der Waals surface area (Å²) in [5, 5.41) is 34.5. The molecule has 12 heteroatoms. The average Bonchev–Trinajstić information content (AvgIpc) is 2.22. The van der Waals surface area contributed by atoms with Crippen LogP contribution in [0.2, 0.25) is 0 Å². The summed E-state index contributed by atoms with van der Waals surface area (Å²) in [4.78, 5) is 44.4. The zero-order valence-electron chi connectivity index (χ0n) is 12.9. The molecule has 0 radical (unpaired) electrons. The third-order valence-corrected chi connectivity index (χ3v) is 2.17. The standard InChI is InChI=1S/C10H16N2O8.Fe.K.H/c13-7(14)3-11(4-8(15)16)1-2-12(5-9(17)18)6-10(19)20;;;/h1-6H2,(H,13,14)(H,15,16)(H,17,18)(H,19,20);;;/q;;+1;-1. The van der Waals surface area contributed by atoms with Crippen LogP contribution in [0.3, 0.4) is 0 Å². The molecule has 124 valence electrons. The van der Waals surface area contributed by atoms with E-state index >= 15 is 0 Å². The van der Waals surface area contributed by atoms with Gasteiger partial charge in [0.05, 0.1) is 26.2 Å². The van der Waals surface area contributed by atoms with Gasteiger partial charge in [0.25, 0.3) is 0 Å². The van der Waals surface area contributed by atoms with Crippen molar-refractivity contribution < 1.29 is 109 Å². The van der Waals surface area contributed by atoms with Crippen molar-refractivity contribution in [1.29, 1.82) is 0 Å². The van der Waals surface area contributed by atoms with Crippen molar-refractivity contribution >= 4 is 23.9 Å². The molecule has 0 bridgehead atoms. The summed E-state index contributed by atoms with van der Waals surface area (Å²) in [7, 11) is 0. The van der Waals surface area contributed by atoms with Crippen molar-refractivity contribution in [2.24, 2.45) is 0 Å². The molecule has 22 heavy (non-hydrogen) atoms. The van der Waals surface area contributed by atoms with E-state index in [1.807, 2.05) is 0 Å². The molecule has 0 fully saturated rings. The van der Waals surface area contributed by atoms with Crippen LogP contribution in [0.15, 0.2) is 0 Å². The van der Waals surface area contributed by atoms with Gasteiger partial charge in [-0.1, -0.05) is 0 Å². The number of rotatable bonds is 11. The molecule has 0 saturated heterocycles. The van der Waals surface area contributed by atoms with Gasteiger partial charge in [0.1, 0.15) is 0 Å². The second-order valence-electron chi connectivity index (χ2n) is 4.00. The Bertz CT molecular complexity index is 333. The summed E-state index contributed by atoms with van der Waals surface area (Å²) >= 11 is 0. The fraction of sp³-hybridized carbons (Fsp3) is 0.600. The first-order valence-corrected chi connectivity index (χ1v) is 5.52. The molecular weight excluding hydrogens is 371 g/mol. The molecule has 0 atom stereocenters. The molecule has 0 aliphatic carbocycles. The van der Waals surface area contributed by atoms with Gasteiger partial charge in [-0.05, 0) is 0 Å². The largest absolute Gasteiger partial charge is 1.00 e. The summed E-state index contributed by atoms with van der Waals surface area (Å²) in [6.07, 6.45) is 0. The van der Waals surface area contributed by atoms with E-state index in [4.69, 9.17) is 20.4 Å². The number of carboxylic acid groups (broad SMARTS) is 4. The molecule has 0 aromatic rings. The first-order chi connectivity index (χ1) is 9.20. The number of nitrogens with zero attached hydrogens (tertiary/aromatic N) is 2. The van der Waals surface area contributed by atoms with Crippen molar-refractivity contribution in [3.05, 3.63) is 0 Å². The Hall–Kier alpha value is -0.0442. The minimum atomic E-state index is -1.23. The van der Waals surface area contributed by atoms with E-state index < -0.39 is 50.1 Å². The van der Waals surface area contributed by atoms with Gasteiger partial charge >= 0.3 is 75.3 Å². The second-order valence-corrected chi connectivity index (χ2v) is 4.00. The minimum Gasteiger partial charge on any atom is -1.00 e. The number of hydrogen-bond acceptors (Lipinski definition) is 6. The molecule has 0 rings (SSSR count). The fourth-order valence-corrected chi connectivity index (χ4v) is 1.48. The summed E-state index contributed by atoms with van der Waals surface area (Å²) in [5.74, 6) is -4.91. The van der Waals surface area contributed by atoms with E-state index in [2.05, 4.69) is 0 Å².